The van der Waals surface area contributed by atoms with E-state index in [1.807, 2.05) is 6.07 Å². The van der Waals surface area contributed by atoms with Gasteiger partial charge in [-0.15, -0.1) is 0 Å². The molecule has 164 valence electrons. The van der Waals surface area contributed by atoms with Crippen molar-refractivity contribution >= 4 is 28.7 Å². The SMILES string of the molecule is N/C(=C(/c1ccncc1)N(N)c1ccccc1F)c1nc(-c2ccc3c(c2)CC(=O)N3)no1. The van der Waals surface area contributed by atoms with E-state index in [9.17, 15) is 9.18 Å². The molecule has 0 fully saturated rings. The van der Waals surface area contributed by atoms with E-state index >= 15 is 0 Å². The van der Waals surface area contributed by atoms with Crippen LogP contribution in [0.3, 0.4) is 0 Å². The van der Waals surface area contributed by atoms with E-state index in [0.29, 0.717) is 17.0 Å². The predicted molar refractivity (Wildman–Crippen MR) is 120 cm³/mol. The van der Waals surface area contributed by atoms with Crippen molar-refractivity contribution in [3.63, 3.8) is 0 Å². The first-order valence-corrected chi connectivity index (χ1v) is 9.98. The lowest BCUT2D eigenvalue weighted by atomic mass is 10.1. The standard InChI is InChI=1S/C23H18FN7O2/c24-16-3-1-2-4-18(16)31(26)21(13-7-9-27-10-8-13)20(25)23-29-22(30-33-23)14-5-6-17-15(11-14)12-19(32)28-17/h1-11H,12,25-26H2,(H,28,32)/b21-20-. The first kappa shape index (κ1) is 20.3. The topological polar surface area (TPSA) is 136 Å². The highest BCUT2D eigenvalue weighted by Gasteiger charge is 2.23. The zero-order valence-electron chi connectivity index (χ0n) is 17.2. The van der Waals surface area contributed by atoms with Crippen molar-refractivity contribution in [2.75, 3.05) is 10.3 Å². The number of carbonyl (C=O) groups is 1. The number of anilines is 2. The summed E-state index contributed by atoms with van der Waals surface area (Å²) in [5.74, 6) is 6.02. The van der Waals surface area contributed by atoms with Gasteiger partial charge in [0.05, 0.1) is 17.8 Å². The summed E-state index contributed by atoms with van der Waals surface area (Å²) in [6.07, 6.45) is 3.42. The number of nitrogens with two attached hydrogens (primary N) is 2. The van der Waals surface area contributed by atoms with E-state index in [-0.39, 0.29) is 35.3 Å². The second kappa shape index (κ2) is 8.17. The van der Waals surface area contributed by atoms with Crippen LogP contribution in [0.15, 0.2) is 71.5 Å². The number of hydrogen-bond acceptors (Lipinski definition) is 8. The molecule has 2 aromatic heterocycles. The third-order valence-corrected chi connectivity index (χ3v) is 5.21. The predicted octanol–water partition coefficient (Wildman–Crippen LogP) is 2.93. The molecule has 0 aliphatic carbocycles. The quantitative estimate of drug-likeness (QED) is 0.316. The molecule has 1 amide bonds. The summed E-state index contributed by atoms with van der Waals surface area (Å²) < 4.78 is 19.9. The van der Waals surface area contributed by atoms with Crippen molar-refractivity contribution in [3.05, 3.63) is 89.8 Å². The van der Waals surface area contributed by atoms with Crippen molar-refractivity contribution in [1.29, 1.82) is 0 Å². The first-order chi connectivity index (χ1) is 16.0. The van der Waals surface area contributed by atoms with Crippen molar-refractivity contribution in [2.45, 2.75) is 6.42 Å². The lowest BCUT2D eigenvalue weighted by molar-refractivity contribution is -0.115. The lowest BCUT2D eigenvalue weighted by Gasteiger charge is -2.23. The molecule has 0 radical (unpaired) electrons. The van der Waals surface area contributed by atoms with Gasteiger partial charge in [-0.05, 0) is 48.0 Å². The number of amides is 1. The van der Waals surface area contributed by atoms with Crippen LogP contribution in [-0.2, 0) is 11.2 Å². The zero-order valence-corrected chi connectivity index (χ0v) is 17.2. The number of pyridine rings is 1. The molecule has 0 spiro atoms. The molecule has 0 saturated carbocycles. The smallest absolute Gasteiger partial charge is 0.276 e. The second-order valence-electron chi connectivity index (χ2n) is 7.34. The van der Waals surface area contributed by atoms with Gasteiger partial charge in [-0.3, -0.25) is 14.8 Å². The van der Waals surface area contributed by atoms with Crippen LogP contribution in [-0.4, -0.2) is 21.0 Å². The number of hydrazine groups is 1. The Bertz CT molecular complexity index is 1380. The summed E-state index contributed by atoms with van der Waals surface area (Å²) in [6, 6.07) is 14.8. The Morgan fingerprint density at radius 3 is 2.70 bits per heavy atom. The maximum atomic E-state index is 14.5. The molecule has 1 aliphatic rings. The fraction of sp³-hybridized carbons (Fsp3) is 0.0435. The molecule has 0 bridgehead atoms. The maximum absolute atomic E-state index is 14.5. The highest BCUT2D eigenvalue weighted by atomic mass is 19.1. The van der Waals surface area contributed by atoms with Gasteiger partial charge in [-0.25, -0.2) is 10.2 Å². The first-order valence-electron chi connectivity index (χ1n) is 9.98. The summed E-state index contributed by atoms with van der Waals surface area (Å²) in [5, 5.41) is 7.94. The molecule has 2 aromatic carbocycles. The molecular formula is C23H18FN7O2. The van der Waals surface area contributed by atoms with Gasteiger partial charge in [0, 0.05) is 29.2 Å². The van der Waals surface area contributed by atoms with E-state index < -0.39 is 5.82 Å². The van der Waals surface area contributed by atoms with E-state index in [1.165, 1.54) is 12.1 Å². The molecule has 10 heteroatoms. The van der Waals surface area contributed by atoms with Gasteiger partial charge in [0.15, 0.2) is 0 Å². The molecule has 3 heterocycles. The van der Waals surface area contributed by atoms with Crippen LogP contribution in [0.4, 0.5) is 15.8 Å². The molecule has 5 N–H and O–H groups in total. The third-order valence-electron chi connectivity index (χ3n) is 5.21. The summed E-state index contributed by atoms with van der Waals surface area (Å²) in [4.78, 5) is 20.0. The van der Waals surface area contributed by atoms with Crippen LogP contribution in [0, 0.1) is 5.82 Å². The van der Waals surface area contributed by atoms with Gasteiger partial charge < -0.3 is 15.6 Å². The van der Waals surface area contributed by atoms with Gasteiger partial charge in [0.1, 0.15) is 11.5 Å². The highest BCUT2D eigenvalue weighted by Crippen LogP contribution is 2.31. The average Bonchev–Trinajstić information content (AvgIpc) is 3.45. The zero-order chi connectivity index (χ0) is 22.9. The summed E-state index contributed by atoms with van der Waals surface area (Å²) in [6.45, 7) is 0. The van der Waals surface area contributed by atoms with Crippen molar-refractivity contribution in [1.82, 2.24) is 15.1 Å². The number of carbonyl (C=O) groups excluding carboxylic acids is 1. The molecular weight excluding hydrogens is 425 g/mol. The molecule has 33 heavy (non-hydrogen) atoms. The molecule has 0 unspecified atom stereocenters. The average molecular weight is 443 g/mol. The van der Waals surface area contributed by atoms with E-state index in [2.05, 4.69) is 20.4 Å². The normalized spacial score (nSPS) is 13.3. The Morgan fingerprint density at radius 1 is 1.12 bits per heavy atom. The van der Waals surface area contributed by atoms with Crippen LogP contribution in [0.1, 0.15) is 17.0 Å². The van der Waals surface area contributed by atoms with Gasteiger partial charge in [0.25, 0.3) is 5.89 Å². The minimum atomic E-state index is -0.521. The Labute approximate surface area is 187 Å². The van der Waals surface area contributed by atoms with E-state index in [1.54, 1.807) is 48.8 Å². The molecule has 9 nitrogen and oxygen atoms in total. The van der Waals surface area contributed by atoms with Crippen molar-refractivity contribution in [2.24, 2.45) is 11.6 Å². The highest BCUT2D eigenvalue weighted by molar-refractivity contribution is 5.99. The molecule has 0 saturated heterocycles. The number of hydrogen-bond donors (Lipinski definition) is 3. The number of aromatic nitrogens is 3. The number of nitrogens with zero attached hydrogens (tertiary/aromatic N) is 4. The number of nitrogens with one attached hydrogen (secondary N) is 1. The van der Waals surface area contributed by atoms with E-state index in [4.69, 9.17) is 16.1 Å². The van der Waals surface area contributed by atoms with Crippen LogP contribution in [0.25, 0.3) is 22.8 Å². The van der Waals surface area contributed by atoms with Gasteiger partial charge in [0.2, 0.25) is 11.7 Å². The number of rotatable bonds is 5. The molecule has 5 rings (SSSR count). The number of benzene rings is 2. The summed E-state index contributed by atoms with van der Waals surface area (Å²) in [5.41, 5.74) is 9.71. The van der Waals surface area contributed by atoms with E-state index in [0.717, 1.165) is 16.3 Å². The van der Waals surface area contributed by atoms with Crippen molar-refractivity contribution < 1.29 is 13.7 Å². The molecule has 0 atom stereocenters. The monoisotopic (exact) mass is 443 g/mol. The Hall–Kier alpha value is -4.57. The summed E-state index contributed by atoms with van der Waals surface area (Å²) in [7, 11) is 0. The fourth-order valence-corrected chi connectivity index (χ4v) is 3.62. The minimum Gasteiger partial charge on any atom is -0.392 e. The van der Waals surface area contributed by atoms with Gasteiger partial charge in [-0.2, -0.15) is 4.98 Å². The molecule has 1 aliphatic heterocycles. The number of para-hydroxylation sites is 1. The third kappa shape index (κ3) is 3.79. The van der Waals surface area contributed by atoms with Gasteiger partial charge >= 0.3 is 0 Å². The largest absolute Gasteiger partial charge is 0.392 e. The van der Waals surface area contributed by atoms with Crippen LogP contribution in [0.2, 0.25) is 0 Å². The molecule has 4 aromatic rings. The second-order valence-corrected chi connectivity index (χ2v) is 7.34. The van der Waals surface area contributed by atoms with Gasteiger partial charge in [-0.1, -0.05) is 17.3 Å². The van der Waals surface area contributed by atoms with Crippen molar-refractivity contribution in [3.8, 4) is 11.4 Å². The lowest BCUT2D eigenvalue weighted by Crippen LogP contribution is -2.32. The maximum Gasteiger partial charge on any atom is 0.276 e. The summed E-state index contributed by atoms with van der Waals surface area (Å²) >= 11 is 0. The Balaban J connectivity index is 1.58. The number of fused-ring (bicyclic) bond motifs is 1. The Kier molecular flexibility index (Phi) is 5.04. The Morgan fingerprint density at radius 2 is 1.91 bits per heavy atom. The van der Waals surface area contributed by atoms with Crippen LogP contribution >= 0.6 is 0 Å². The minimum absolute atomic E-state index is 0.0123. The fourth-order valence-electron chi connectivity index (χ4n) is 3.62. The van der Waals surface area contributed by atoms with Crippen LogP contribution in [0.5, 0.6) is 0 Å². The number of halogens is 1. The van der Waals surface area contributed by atoms with Crippen LogP contribution < -0.4 is 21.9 Å².